The van der Waals surface area contributed by atoms with Gasteiger partial charge in [0.05, 0.1) is 7.11 Å². The number of methoxy groups -OCH3 is 1. The monoisotopic (exact) mass is 375 g/mol. The van der Waals surface area contributed by atoms with E-state index in [-0.39, 0.29) is 5.91 Å². The largest absolute Gasteiger partial charge is 0.497 e. The summed E-state index contributed by atoms with van der Waals surface area (Å²) in [4.78, 5) is 20.7. The summed E-state index contributed by atoms with van der Waals surface area (Å²) in [5, 5.41) is 0.526. The minimum Gasteiger partial charge on any atom is -0.497 e. The van der Waals surface area contributed by atoms with Crippen molar-refractivity contribution >= 4 is 17.5 Å². The van der Waals surface area contributed by atoms with Gasteiger partial charge in [-0.2, -0.15) is 0 Å². The van der Waals surface area contributed by atoms with Gasteiger partial charge in [0.2, 0.25) is 0 Å². The Morgan fingerprint density at radius 1 is 1.12 bits per heavy atom. The molecule has 1 fully saturated rings. The van der Waals surface area contributed by atoms with Gasteiger partial charge in [-0.3, -0.25) is 14.7 Å². The van der Waals surface area contributed by atoms with Gasteiger partial charge in [0, 0.05) is 43.9 Å². The number of aromatic nitrogens is 1. The Labute approximate surface area is 158 Å². The van der Waals surface area contributed by atoms with E-state index < -0.39 is 0 Å². The summed E-state index contributed by atoms with van der Waals surface area (Å²) in [6.45, 7) is 4.42. The highest BCUT2D eigenvalue weighted by Gasteiger charge is 2.22. The third-order valence-electron chi connectivity index (χ3n) is 4.34. The van der Waals surface area contributed by atoms with Gasteiger partial charge in [0.25, 0.3) is 5.91 Å². The van der Waals surface area contributed by atoms with Gasteiger partial charge < -0.3 is 14.4 Å². The van der Waals surface area contributed by atoms with E-state index in [2.05, 4.69) is 9.88 Å². The first kappa shape index (κ1) is 18.5. The third kappa shape index (κ3) is 4.86. The summed E-state index contributed by atoms with van der Waals surface area (Å²) in [5.74, 6) is 1.57. The second kappa shape index (κ2) is 8.87. The van der Waals surface area contributed by atoms with Crippen LogP contribution in [0, 0.1) is 0 Å². The van der Waals surface area contributed by atoms with E-state index >= 15 is 0 Å². The molecule has 1 saturated heterocycles. The van der Waals surface area contributed by atoms with Crippen LogP contribution >= 0.6 is 11.6 Å². The zero-order chi connectivity index (χ0) is 18.4. The lowest BCUT2D eigenvalue weighted by Crippen LogP contribution is -2.49. The molecule has 0 atom stereocenters. The van der Waals surface area contributed by atoms with Gasteiger partial charge in [-0.05, 0) is 36.4 Å². The number of amides is 1. The van der Waals surface area contributed by atoms with Crippen LogP contribution in [-0.4, -0.2) is 67.1 Å². The zero-order valence-corrected chi connectivity index (χ0v) is 15.5. The van der Waals surface area contributed by atoms with E-state index in [0.29, 0.717) is 30.4 Å². The number of ether oxygens (including phenoxy) is 2. The molecule has 1 aliphatic rings. The molecular formula is C19H22ClN3O3. The molecule has 138 valence electrons. The number of carbonyl (C=O) groups is 1. The maximum atomic E-state index is 12.5. The Hall–Kier alpha value is -2.31. The van der Waals surface area contributed by atoms with Crippen molar-refractivity contribution in [3.8, 4) is 11.5 Å². The zero-order valence-electron chi connectivity index (χ0n) is 14.7. The van der Waals surface area contributed by atoms with Crippen molar-refractivity contribution in [1.29, 1.82) is 0 Å². The summed E-state index contributed by atoms with van der Waals surface area (Å²) < 4.78 is 10.9. The highest BCUT2D eigenvalue weighted by atomic mass is 35.5. The number of hydrogen-bond donors (Lipinski definition) is 0. The minimum absolute atomic E-state index is 0.0679. The lowest BCUT2D eigenvalue weighted by Gasteiger charge is -2.34. The molecule has 1 aromatic carbocycles. The molecule has 0 unspecified atom stereocenters. The number of nitrogens with zero attached hydrogens (tertiary/aromatic N) is 3. The van der Waals surface area contributed by atoms with E-state index in [1.54, 1.807) is 25.4 Å². The molecule has 7 heteroatoms. The number of carbonyl (C=O) groups excluding carboxylic acids is 1. The Kier molecular flexibility index (Phi) is 6.30. The predicted molar refractivity (Wildman–Crippen MR) is 100 cm³/mol. The smallest absolute Gasteiger partial charge is 0.272 e. The molecule has 0 saturated carbocycles. The molecule has 0 N–H and O–H groups in total. The Balaban J connectivity index is 1.41. The Bertz CT molecular complexity index is 731. The van der Waals surface area contributed by atoms with E-state index in [1.807, 2.05) is 29.2 Å². The van der Waals surface area contributed by atoms with Crippen LogP contribution in [0.5, 0.6) is 11.5 Å². The number of piperazine rings is 1. The Morgan fingerprint density at radius 2 is 1.81 bits per heavy atom. The van der Waals surface area contributed by atoms with Gasteiger partial charge in [0.15, 0.2) is 0 Å². The maximum Gasteiger partial charge on any atom is 0.272 e. The predicted octanol–water partition coefficient (Wildman–Crippen LogP) is 2.58. The first-order valence-electron chi connectivity index (χ1n) is 8.56. The van der Waals surface area contributed by atoms with E-state index in [1.165, 1.54) is 0 Å². The van der Waals surface area contributed by atoms with E-state index in [9.17, 15) is 4.79 Å². The molecule has 0 spiro atoms. The molecule has 0 bridgehead atoms. The highest BCUT2D eigenvalue weighted by molar-refractivity contribution is 6.30. The van der Waals surface area contributed by atoms with Gasteiger partial charge in [-0.1, -0.05) is 11.6 Å². The van der Waals surface area contributed by atoms with Crippen molar-refractivity contribution in [3.05, 3.63) is 53.3 Å². The summed E-state index contributed by atoms with van der Waals surface area (Å²) in [6.07, 6.45) is 1.56. The first-order chi connectivity index (χ1) is 12.7. The van der Waals surface area contributed by atoms with Gasteiger partial charge in [0.1, 0.15) is 23.8 Å². The average Bonchev–Trinajstić information content (AvgIpc) is 2.68. The quantitative estimate of drug-likeness (QED) is 0.776. The molecule has 1 aliphatic heterocycles. The van der Waals surface area contributed by atoms with Gasteiger partial charge in [-0.15, -0.1) is 0 Å². The molecule has 1 aromatic heterocycles. The van der Waals surface area contributed by atoms with Crippen LogP contribution in [0.15, 0.2) is 42.6 Å². The summed E-state index contributed by atoms with van der Waals surface area (Å²) in [5.41, 5.74) is 0.397. The Morgan fingerprint density at radius 3 is 2.46 bits per heavy atom. The molecule has 2 heterocycles. The number of rotatable bonds is 6. The summed E-state index contributed by atoms with van der Waals surface area (Å²) in [6, 6.07) is 10.8. The van der Waals surface area contributed by atoms with Crippen molar-refractivity contribution in [1.82, 2.24) is 14.8 Å². The number of hydrogen-bond acceptors (Lipinski definition) is 5. The van der Waals surface area contributed by atoms with Crippen molar-refractivity contribution in [2.75, 3.05) is 46.4 Å². The lowest BCUT2D eigenvalue weighted by molar-refractivity contribution is 0.0614. The second-order valence-corrected chi connectivity index (χ2v) is 6.45. The molecular weight excluding hydrogens is 354 g/mol. The fourth-order valence-corrected chi connectivity index (χ4v) is 2.98. The van der Waals surface area contributed by atoms with Crippen LogP contribution in [0.4, 0.5) is 0 Å². The topological polar surface area (TPSA) is 54.9 Å². The average molecular weight is 376 g/mol. The van der Waals surface area contributed by atoms with Crippen LogP contribution < -0.4 is 9.47 Å². The van der Waals surface area contributed by atoms with E-state index in [0.717, 1.165) is 31.1 Å². The van der Waals surface area contributed by atoms with Gasteiger partial charge >= 0.3 is 0 Å². The molecule has 6 nitrogen and oxygen atoms in total. The fraction of sp³-hybridized carbons (Fsp3) is 0.368. The van der Waals surface area contributed by atoms with E-state index in [4.69, 9.17) is 21.1 Å². The van der Waals surface area contributed by atoms with Crippen LogP contribution in [0.1, 0.15) is 10.5 Å². The standard InChI is InChI=1S/C19H22ClN3O3/c1-25-16-2-4-17(5-3-16)26-13-12-22-8-10-23(11-9-22)19(24)18-14-15(20)6-7-21-18/h2-7,14H,8-13H2,1H3. The lowest BCUT2D eigenvalue weighted by atomic mass is 10.2. The molecule has 0 aliphatic carbocycles. The molecule has 26 heavy (non-hydrogen) atoms. The molecule has 1 amide bonds. The highest BCUT2D eigenvalue weighted by Crippen LogP contribution is 2.17. The summed E-state index contributed by atoms with van der Waals surface area (Å²) in [7, 11) is 1.64. The minimum atomic E-state index is -0.0679. The van der Waals surface area contributed by atoms with Crippen LogP contribution in [0.25, 0.3) is 0 Å². The van der Waals surface area contributed by atoms with Crippen molar-refractivity contribution < 1.29 is 14.3 Å². The number of halogens is 1. The van der Waals surface area contributed by atoms with Crippen molar-refractivity contribution in [3.63, 3.8) is 0 Å². The maximum absolute atomic E-state index is 12.5. The van der Waals surface area contributed by atoms with Crippen molar-refractivity contribution in [2.45, 2.75) is 0 Å². The molecule has 3 rings (SSSR count). The SMILES string of the molecule is COc1ccc(OCCN2CCN(C(=O)c3cc(Cl)ccn3)CC2)cc1. The second-order valence-electron chi connectivity index (χ2n) is 6.02. The molecule has 0 radical (unpaired) electrons. The number of benzene rings is 1. The first-order valence-corrected chi connectivity index (χ1v) is 8.93. The normalized spacial score (nSPS) is 14.9. The molecule has 2 aromatic rings. The van der Waals surface area contributed by atoms with Gasteiger partial charge in [-0.25, -0.2) is 0 Å². The number of pyridine rings is 1. The third-order valence-corrected chi connectivity index (χ3v) is 4.57. The van der Waals surface area contributed by atoms with Crippen LogP contribution in [0.2, 0.25) is 5.02 Å². The van der Waals surface area contributed by atoms with Crippen LogP contribution in [-0.2, 0) is 0 Å². The van der Waals surface area contributed by atoms with Crippen molar-refractivity contribution in [2.24, 2.45) is 0 Å². The summed E-state index contributed by atoms with van der Waals surface area (Å²) >= 11 is 5.94. The van der Waals surface area contributed by atoms with Crippen LogP contribution in [0.3, 0.4) is 0 Å². The fourth-order valence-electron chi connectivity index (χ4n) is 2.82.